The molecule has 6 heteroatoms. The number of rotatable bonds is 3. The summed E-state index contributed by atoms with van der Waals surface area (Å²) in [6, 6.07) is 9.29. The van der Waals surface area contributed by atoms with E-state index in [4.69, 9.17) is 5.73 Å². The van der Waals surface area contributed by atoms with E-state index >= 15 is 0 Å². The van der Waals surface area contributed by atoms with Crippen LogP contribution < -0.4 is 11.1 Å². The first-order valence-corrected chi connectivity index (χ1v) is 6.50. The molecule has 0 aliphatic rings. The van der Waals surface area contributed by atoms with E-state index in [0.717, 1.165) is 0 Å². The molecule has 0 radical (unpaired) electrons. The minimum absolute atomic E-state index is 0.245. The zero-order valence-corrected chi connectivity index (χ0v) is 12.2. The Kier molecular flexibility index (Phi) is 4.24. The van der Waals surface area contributed by atoms with Crippen LogP contribution in [0.25, 0.3) is 0 Å². The molecule has 0 amide bonds. The minimum Gasteiger partial charge on any atom is -0.465 e. The van der Waals surface area contributed by atoms with Crippen LogP contribution in [0.2, 0.25) is 0 Å². The van der Waals surface area contributed by atoms with Gasteiger partial charge in [-0.3, -0.25) is 0 Å². The maximum absolute atomic E-state index is 13.8. The van der Waals surface area contributed by atoms with Gasteiger partial charge >= 0.3 is 5.97 Å². The van der Waals surface area contributed by atoms with Crippen molar-refractivity contribution in [2.75, 3.05) is 18.2 Å². The molecule has 0 saturated heterocycles. The smallest absolute Gasteiger partial charge is 0.340 e. The molecular weight excluding hydrogens is 327 g/mol. The Bertz CT molecular complexity index is 662. The largest absolute Gasteiger partial charge is 0.465 e. The monoisotopic (exact) mass is 338 g/mol. The fourth-order valence-electron chi connectivity index (χ4n) is 1.69. The van der Waals surface area contributed by atoms with Crippen LogP contribution in [0.3, 0.4) is 0 Å². The minimum atomic E-state index is -0.544. The van der Waals surface area contributed by atoms with Gasteiger partial charge in [-0.05, 0) is 36.4 Å². The first kappa shape index (κ1) is 14.3. The Hall–Kier alpha value is -2.08. The summed E-state index contributed by atoms with van der Waals surface area (Å²) in [6.45, 7) is 0. The van der Waals surface area contributed by atoms with Crippen LogP contribution in [-0.2, 0) is 4.74 Å². The lowest BCUT2D eigenvalue weighted by molar-refractivity contribution is 0.0602. The lowest BCUT2D eigenvalue weighted by atomic mass is 10.1. The normalized spacial score (nSPS) is 10.2. The molecule has 0 spiro atoms. The highest BCUT2D eigenvalue weighted by atomic mass is 79.9. The average molecular weight is 339 g/mol. The number of carbonyl (C=O) groups is 1. The lowest BCUT2D eigenvalue weighted by Gasteiger charge is -2.12. The number of halogens is 2. The van der Waals surface area contributed by atoms with E-state index in [1.165, 1.54) is 19.2 Å². The van der Waals surface area contributed by atoms with Crippen molar-refractivity contribution in [3.05, 3.63) is 52.3 Å². The van der Waals surface area contributed by atoms with E-state index in [-0.39, 0.29) is 11.3 Å². The topological polar surface area (TPSA) is 64.3 Å². The predicted molar refractivity (Wildman–Crippen MR) is 79.6 cm³/mol. The standard InChI is InChI=1S/C14H12BrFN2O2/c1-20-14(19)10-7-9(17)3-5-12(10)18-13-4-2-8(15)6-11(13)16/h2-7,18H,17H2,1H3. The molecule has 2 aromatic rings. The number of nitrogen functional groups attached to an aromatic ring is 1. The average Bonchev–Trinajstić information content (AvgIpc) is 2.42. The molecule has 3 N–H and O–H groups in total. The van der Waals surface area contributed by atoms with E-state index in [0.29, 0.717) is 15.8 Å². The SMILES string of the molecule is COC(=O)c1cc(N)ccc1Nc1ccc(Br)cc1F. The van der Waals surface area contributed by atoms with Gasteiger partial charge in [0, 0.05) is 10.2 Å². The van der Waals surface area contributed by atoms with Gasteiger partial charge in [-0.2, -0.15) is 0 Å². The molecule has 20 heavy (non-hydrogen) atoms. The van der Waals surface area contributed by atoms with Gasteiger partial charge < -0.3 is 15.8 Å². The Morgan fingerprint density at radius 3 is 2.60 bits per heavy atom. The van der Waals surface area contributed by atoms with Crippen molar-refractivity contribution in [1.82, 2.24) is 0 Å². The van der Waals surface area contributed by atoms with Gasteiger partial charge in [0.15, 0.2) is 0 Å². The van der Waals surface area contributed by atoms with Crippen LogP contribution in [0.4, 0.5) is 21.5 Å². The number of hydrogen-bond donors (Lipinski definition) is 2. The summed E-state index contributed by atoms with van der Waals surface area (Å²) < 4.78 is 19.1. The van der Waals surface area contributed by atoms with Gasteiger partial charge in [-0.1, -0.05) is 15.9 Å². The van der Waals surface area contributed by atoms with E-state index in [9.17, 15) is 9.18 Å². The second-order valence-corrected chi connectivity index (χ2v) is 4.96. The summed E-state index contributed by atoms with van der Waals surface area (Å²) in [5.74, 6) is -0.982. The van der Waals surface area contributed by atoms with Crippen LogP contribution in [-0.4, -0.2) is 13.1 Å². The molecule has 0 saturated carbocycles. The van der Waals surface area contributed by atoms with Gasteiger partial charge in [0.25, 0.3) is 0 Å². The third-order valence-electron chi connectivity index (χ3n) is 2.65. The lowest BCUT2D eigenvalue weighted by Crippen LogP contribution is -2.07. The highest BCUT2D eigenvalue weighted by molar-refractivity contribution is 9.10. The Labute approximate surface area is 123 Å². The van der Waals surface area contributed by atoms with Crippen LogP contribution in [0.1, 0.15) is 10.4 Å². The number of carbonyl (C=O) groups excluding carboxylic acids is 1. The number of ether oxygens (including phenoxy) is 1. The van der Waals surface area contributed by atoms with Crippen molar-refractivity contribution < 1.29 is 13.9 Å². The molecular formula is C14H12BrFN2O2. The van der Waals surface area contributed by atoms with Crippen molar-refractivity contribution >= 4 is 39.0 Å². The second-order valence-electron chi connectivity index (χ2n) is 4.05. The Morgan fingerprint density at radius 1 is 1.25 bits per heavy atom. The van der Waals surface area contributed by atoms with Crippen molar-refractivity contribution in [2.45, 2.75) is 0 Å². The third-order valence-corrected chi connectivity index (χ3v) is 3.14. The number of nitrogens with one attached hydrogen (secondary N) is 1. The molecule has 4 nitrogen and oxygen atoms in total. The predicted octanol–water partition coefficient (Wildman–Crippen LogP) is 3.70. The number of hydrogen-bond acceptors (Lipinski definition) is 4. The van der Waals surface area contributed by atoms with E-state index < -0.39 is 11.8 Å². The summed E-state index contributed by atoms with van der Waals surface area (Å²) >= 11 is 3.18. The first-order valence-electron chi connectivity index (χ1n) is 5.71. The number of anilines is 3. The molecule has 0 aliphatic heterocycles. The summed E-state index contributed by atoms with van der Waals surface area (Å²) in [7, 11) is 1.27. The molecule has 2 aromatic carbocycles. The summed E-state index contributed by atoms with van der Waals surface area (Å²) in [4.78, 5) is 11.7. The van der Waals surface area contributed by atoms with Gasteiger partial charge in [-0.25, -0.2) is 9.18 Å². The van der Waals surface area contributed by atoms with Crippen LogP contribution >= 0.6 is 15.9 Å². The summed E-state index contributed by atoms with van der Waals surface area (Å²) in [6.07, 6.45) is 0. The van der Waals surface area contributed by atoms with Gasteiger partial charge in [-0.15, -0.1) is 0 Å². The van der Waals surface area contributed by atoms with E-state index in [1.54, 1.807) is 24.3 Å². The fraction of sp³-hybridized carbons (Fsp3) is 0.0714. The highest BCUT2D eigenvalue weighted by Gasteiger charge is 2.13. The van der Waals surface area contributed by atoms with Gasteiger partial charge in [0.05, 0.1) is 24.0 Å². The van der Waals surface area contributed by atoms with Crippen molar-refractivity contribution in [3.8, 4) is 0 Å². The van der Waals surface area contributed by atoms with E-state index in [2.05, 4.69) is 26.0 Å². The number of benzene rings is 2. The first-order chi connectivity index (χ1) is 9.51. The number of methoxy groups -OCH3 is 1. The molecule has 104 valence electrons. The molecule has 0 unspecified atom stereocenters. The van der Waals surface area contributed by atoms with E-state index in [1.807, 2.05) is 0 Å². The third kappa shape index (κ3) is 3.08. The van der Waals surface area contributed by atoms with Crippen LogP contribution in [0.5, 0.6) is 0 Å². The molecule has 0 fully saturated rings. The number of esters is 1. The zero-order valence-electron chi connectivity index (χ0n) is 10.6. The molecule has 2 rings (SSSR count). The second kappa shape index (κ2) is 5.92. The molecule has 0 heterocycles. The summed E-state index contributed by atoms with van der Waals surface area (Å²) in [5.41, 5.74) is 6.99. The quantitative estimate of drug-likeness (QED) is 0.661. The Balaban J connectivity index is 2.40. The van der Waals surface area contributed by atoms with Gasteiger partial charge in [0.1, 0.15) is 5.82 Å². The molecule has 0 aromatic heterocycles. The van der Waals surface area contributed by atoms with Crippen LogP contribution in [0, 0.1) is 5.82 Å². The zero-order chi connectivity index (χ0) is 14.7. The molecule has 0 bridgehead atoms. The Morgan fingerprint density at radius 2 is 1.95 bits per heavy atom. The van der Waals surface area contributed by atoms with Gasteiger partial charge in [0.2, 0.25) is 0 Å². The van der Waals surface area contributed by atoms with Crippen molar-refractivity contribution in [2.24, 2.45) is 0 Å². The highest BCUT2D eigenvalue weighted by Crippen LogP contribution is 2.27. The van der Waals surface area contributed by atoms with Crippen molar-refractivity contribution in [3.63, 3.8) is 0 Å². The summed E-state index contributed by atoms with van der Waals surface area (Å²) in [5, 5.41) is 2.86. The van der Waals surface area contributed by atoms with Crippen LogP contribution in [0.15, 0.2) is 40.9 Å². The maximum atomic E-state index is 13.8. The van der Waals surface area contributed by atoms with Crippen molar-refractivity contribution in [1.29, 1.82) is 0 Å². The molecule has 0 atom stereocenters. The molecule has 0 aliphatic carbocycles. The fourth-order valence-corrected chi connectivity index (χ4v) is 2.02. The number of nitrogens with two attached hydrogens (primary N) is 1. The maximum Gasteiger partial charge on any atom is 0.340 e.